The van der Waals surface area contributed by atoms with Crippen molar-refractivity contribution in [1.29, 1.82) is 0 Å². The highest BCUT2D eigenvalue weighted by molar-refractivity contribution is 7.88. The number of nitrogens with zero attached hydrogens (tertiary/aromatic N) is 1. The summed E-state index contributed by atoms with van der Waals surface area (Å²) in [6.07, 6.45) is 1.11. The molecule has 6 heteroatoms. The first-order chi connectivity index (χ1) is 8.71. The van der Waals surface area contributed by atoms with E-state index in [-0.39, 0.29) is 18.5 Å². The minimum absolute atomic E-state index is 0.176. The van der Waals surface area contributed by atoms with Crippen molar-refractivity contribution >= 4 is 21.6 Å². The van der Waals surface area contributed by atoms with E-state index >= 15 is 0 Å². The number of hydrogen-bond acceptors (Lipinski definition) is 3. The second kappa shape index (κ2) is 6.16. The molecule has 1 amide bonds. The number of benzene rings is 1. The first-order valence-corrected chi connectivity index (χ1v) is 7.89. The van der Waals surface area contributed by atoms with Crippen LogP contribution in [0.2, 0.25) is 0 Å². The lowest BCUT2D eigenvalue weighted by Crippen LogP contribution is -2.41. The highest BCUT2D eigenvalue weighted by Gasteiger charge is 2.23. The van der Waals surface area contributed by atoms with Crippen molar-refractivity contribution in [3.63, 3.8) is 0 Å². The fraction of sp³-hybridized carbons (Fsp3) is 0.462. The molecule has 1 aromatic rings. The summed E-state index contributed by atoms with van der Waals surface area (Å²) in [5, 5.41) is 2.72. The quantitative estimate of drug-likeness (QED) is 0.893. The van der Waals surface area contributed by atoms with E-state index in [1.807, 2.05) is 25.1 Å². The molecule has 106 valence electrons. The largest absolute Gasteiger partial charge is 0.325 e. The molecule has 5 nitrogen and oxygen atoms in total. The number of para-hydroxylation sites is 1. The van der Waals surface area contributed by atoms with Gasteiger partial charge in [0.15, 0.2) is 0 Å². The molecule has 0 saturated heterocycles. The minimum Gasteiger partial charge on any atom is -0.325 e. The second-order valence-electron chi connectivity index (χ2n) is 4.77. The number of amides is 1. The van der Waals surface area contributed by atoms with Crippen LogP contribution in [-0.2, 0) is 14.8 Å². The van der Waals surface area contributed by atoms with Gasteiger partial charge in [0.25, 0.3) is 0 Å². The Kier molecular flexibility index (Phi) is 5.08. The van der Waals surface area contributed by atoms with Crippen molar-refractivity contribution in [2.24, 2.45) is 0 Å². The van der Waals surface area contributed by atoms with Gasteiger partial charge >= 0.3 is 0 Å². The number of carbonyl (C=O) groups excluding carboxylic acids is 1. The van der Waals surface area contributed by atoms with Crippen molar-refractivity contribution in [3.8, 4) is 0 Å². The first-order valence-electron chi connectivity index (χ1n) is 6.04. The van der Waals surface area contributed by atoms with Crippen LogP contribution in [0.3, 0.4) is 0 Å². The van der Waals surface area contributed by atoms with Gasteiger partial charge in [0, 0.05) is 11.7 Å². The lowest BCUT2D eigenvalue weighted by Gasteiger charge is -2.23. The van der Waals surface area contributed by atoms with Gasteiger partial charge in [-0.1, -0.05) is 18.2 Å². The van der Waals surface area contributed by atoms with Crippen molar-refractivity contribution in [2.75, 3.05) is 18.1 Å². The fourth-order valence-electron chi connectivity index (χ4n) is 1.73. The predicted octanol–water partition coefficient (Wildman–Crippen LogP) is 1.60. The lowest BCUT2D eigenvalue weighted by molar-refractivity contribution is -0.116. The van der Waals surface area contributed by atoms with E-state index in [1.165, 1.54) is 4.31 Å². The monoisotopic (exact) mass is 284 g/mol. The fourth-order valence-corrected chi connectivity index (χ4v) is 2.84. The maximum absolute atomic E-state index is 11.9. The molecule has 0 aliphatic carbocycles. The van der Waals surface area contributed by atoms with Gasteiger partial charge in [-0.15, -0.1) is 0 Å². The third kappa shape index (κ3) is 4.65. The summed E-state index contributed by atoms with van der Waals surface area (Å²) in [6, 6.07) is 7.11. The zero-order valence-corrected chi connectivity index (χ0v) is 12.5. The van der Waals surface area contributed by atoms with E-state index in [2.05, 4.69) is 5.32 Å². The Labute approximate surface area is 114 Å². The molecule has 0 aliphatic rings. The van der Waals surface area contributed by atoms with Crippen molar-refractivity contribution in [2.45, 2.75) is 26.8 Å². The Morgan fingerprint density at radius 1 is 1.32 bits per heavy atom. The van der Waals surface area contributed by atoms with Gasteiger partial charge < -0.3 is 5.32 Å². The number of rotatable bonds is 5. The van der Waals surface area contributed by atoms with E-state index in [4.69, 9.17) is 0 Å². The van der Waals surface area contributed by atoms with Gasteiger partial charge in [0.1, 0.15) is 0 Å². The van der Waals surface area contributed by atoms with Crippen LogP contribution in [0.25, 0.3) is 0 Å². The molecule has 0 heterocycles. The molecular weight excluding hydrogens is 264 g/mol. The standard InChI is InChI=1S/C13H20N2O3S/c1-10(2)15(19(4,17)18)9-13(16)14-12-8-6-5-7-11(12)3/h5-8,10H,9H2,1-4H3,(H,14,16). The molecule has 0 unspecified atom stereocenters. The summed E-state index contributed by atoms with van der Waals surface area (Å²) >= 11 is 0. The molecular formula is C13H20N2O3S. The van der Waals surface area contributed by atoms with Gasteiger partial charge in [-0.25, -0.2) is 8.42 Å². The number of carbonyl (C=O) groups is 1. The first kappa shape index (κ1) is 15.7. The van der Waals surface area contributed by atoms with Crippen molar-refractivity contribution in [1.82, 2.24) is 4.31 Å². The predicted molar refractivity (Wildman–Crippen MR) is 76.5 cm³/mol. The summed E-state index contributed by atoms with van der Waals surface area (Å²) in [4.78, 5) is 11.9. The molecule has 0 aliphatic heterocycles. The van der Waals surface area contributed by atoms with Crippen LogP contribution in [0.15, 0.2) is 24.3 Å². The van der Waals surface area contributed by atoms with Crippen molar-refractivity contribution < 1.29 is 13.2 Å². The summed E-state index contributed by atoms with van der Waals surface area (Å²) in [6.45, 7) is 5.18. The van der Waals surface area contributed by atoms with Gasteiger partial charge in [0.05, 0.1) is 12.8 Å². The highest BCUT2D eigenvalue weighted by atomic mass is 32.2. The van der Waals surface area contributed by atoms with Gasteiger partial charge in [-0.2, -0.15) is 4.31 Å². The maximum atomic E-state index is 11.9. The zero-order valence-electron chi connectivity index (χ0n) is 11.7. The van der Waals surface area contributed by atoms with E-state index < -0.39 is 10.0 Å². The molecule has 1 N–H and O–H groups in total. The van der Waals surface area contributed by atoms with Gasteiger partial charge in [-0.05, 0) is 32.4 Å². The number of nitrogens with one attached hydrogen (secondary N) is 1. The minimum atomic E-state index is -3.39. The molecule has 0 fully saturated rings. The smallest absolute Gasteiger partial charge is 0.239 e. The van der Waals surface area contributed by atoms with E-state index in [0.29, 0.717) is 5.69 Å². The Balaban J connectivity index is 2.77. The topological polar surface area (TPSA) is 66.5 Å². The second-order valence-corrected chi connectivity index (χ2v) is 6.70. The number of hydrogen-bond donors (Lipinski definition) is 1. The number of aryl methyl sites for hydroxylation is 1. The van der Waals surface area contributed by atoms with Crippen LogP contribution in [0.4, 0.5) is 5.69 Å². The molecule has 0 bridgehead atoms. The molecule has 0 atom stereocenters. The van der Waals surface area contributed by atoms with Crippen LogP contribution in [0.1, 0.15) is 19.4 Å². The lowest BCUT2D eigenvalue weighted by atomic mass is 10.2. The van der Waals surface area contributed by atoms with E-state index in [1.54, 1.807) is 19.9 Å². The van der Waals surface area contributed by atoms with Crippen LogP contribution >= 0.6 is 0 Å². The Bertz CT molecular complexity index is 553. The molecule has 0 saturated carbocycles. The molecule has 1 rings (SSSR count). The summed E-state index contributed by atoms with van der Waals surface area (Å²) in [5.74, 6) is -0.339. The summed E-state index contributed by atoms with van der Waals surface area (Å²) < 4.78 is 24.3. The average molecular weight is 284 g/mol. The number of anilines is 1. The average Bonchev–Trinajstić information content (AvgIpc) is 2.27. The van der Waals surface area contributed by atoms with Crippen LogP contribution in [0.5, 0.6) is 0 Å². The normalized spacial score (nSPS) is 11.9. The Morgan fingerprint density at radius 2 is 1.89 bits per heavy atom. The molecule has 0 radical (unpaired) electrons. The third-order valence-corrected chi connectivity index (χ3v) is 4.12. The van der Waals surface area contributed by atoms with Crippen LogP contribution < -0.4 is 5.32 Å². The highest BCUT2D eigenvalue weighted by Crippen LogP contribution is 2.13. The van der Waals surface area contributed by atoms with Crippen molar-refractivity contribution in [3.05, 3.63) is 29.8 Å². The molecule has 0 aromatic heterocycles. The SMILES string of the molecule is Cc1ccccc1NC(=O)CN(C(C)C)S(C)(=O)=O. The van der Waals surface area contributed by atoms with Crippen LogP contribution in [-0.4, -0.2) is 37.5 Å². The van der Waals surface area contributed by atoms with Gasteiger partial charge in [0.2, 0.25) is 15.9 Å². The summed E-state index contributed by atoms with van der Waals surface area (Å²) in [7, 11) is -3.39. The molecule has 1 aromatic carbocycles. The summed E-state index contributed by atoms with van der Waals surface area (Å²) in [5.41, 5.74) is 1.64. The Morgan fingerprint density at radius 3 is 2.37 bits per heavy atom. The van der Waals surface area contributed by atoms with E-state index in [9.17, 15) is 13.2 Å². The van der Waals surface area contributed by atoms with Crippen LogP contribution in [0, 0.1) is 6.92 Å². The van der Waals surface area contributed by atoms with E-state index in [0.717, 1.165) is 11.8 Å². The Hall–Kier alpha value is -1.40. The third-order valence-electron chi connectivity index (χ3n) is 2.72. The molecule has 19 heavy (non-hydrogen) atoms. The maximum Gasteiger partial charge on any atom is 0.239 e. The number of sulfonamides is 1. The van der Waals surface area contributed by atoms with Gasteiger partial charge in [-0.3, -0.25) is 4.79 Å². The zero-order chi connectivity index (χ0) is 14.6. The molecule has 0 spiro atoms.